The Morgan fingerprint density at radius 1 is 1.33 bits per heavy atom. The topological polar surface area (TPSA) is 129 Å². The second-order valence-electron chi connectivity index (χ2n) is 5.45. The van der Waals surface area contributed by atoms with Crippen LogP contribution in [0.5, 0.6) is 0 Å². The van der Waals surface area contributed by atoms with Crippen LogP contribution in [0.3, 0.4) is 0 Å². The van der Waals surface area contributed by atoms with Gasteiger partial charge in [0.1, 0.15) is 11.6 Å². The SMILES string of the molecule is Cc1cc(C)cc(NC(N)=NCCCc2[nH]nc(N)c2C#N)c1.I. The van der Waals surface area contributed by atoms with Gasteiger partial charge in [-0.3, -0.25) is 10.1 Å². The highest BCUT2D eigenvalue weighted by atomic mass is 127. The van der Waals surface area contributed by atoms with Crippen LogP contribution < -0.4 is 16.8 Å². The third kappa shape index (κ3) is 5.42. The summed E-state index contributed by atoms with van der Waals surface area (Å²) in [7, 11) is 0. The Hall–Kier alpha value is -2.28. The summed E-state index contributed by atoms with van der Waals surface area (Å²) in [6, 6.07) is 8.18. The van der Waals surface area contributed by atoms with Gasteiger partial charge in [0.25, 0.3) is 0 Å². The van der Waals surface area contributed by atoms with Crippen molar-refractivity contribution in [2.75, 3.05) is 17.6 Å². The number of nitrogens with zero attached hydrogens (tertiary/aromatic N) is 3. The van der Waals surface area contributed by atoms with Gasteiger partial charge in [-0.25, -0.2) is 0 Å². The summed E-state index contributed by atoms with van der Waals surface area (Å²) in [5, 5.41) is 18.7. The van der Waals surface area contributed by atoms with Crippen molar-refractivity contribution >= 4 is 41.4 Å². The summed E-state index contributed by atoms with van der Waals surface area (Å²) in [5.41, 5.74) is 15.9. The average Bonchev–Trinajstić information content (AvgIpc) is 2.82. The van der Waals surface area contributed by atoms with E-state index >= 15 is 0 Å². The van der Waals surface area contributed by atoms with Gasteiger partial charge in [-0.15, -0.1) is 24.0 Å². The highest BCUT2D eigenvalue weighted by Gasteiger charge is 2.09. The van der Waals surface area contributed by atoms with E-state index in [2.05, 4.69) is 26.6 Å². The molecule has 2 rings (SSSR count). The van der Waals surface area contributed by atoms with Crippen LogP contribution in [0.25, 0.3) is 0 Å². The summed E-state index contributed by atoms with van der Waals surface area (Å²) in [5.74, 6) is 0.613. The Morgan fingerprint density at radius 2 is 2.00 bits per heavy atom. The van der Waals surface area contributed by atoms with E-state index in [9.17, 15) is 0 Å². The molecule has 0 atom stereocenters. The molecule has 7 nitrogen and oxygen atoms in total. The van der Waals surface area contributed by atoms with Crippen molar-refractivity contribution in [3.8, 4) is 6.07 Å². The summed E-state index contributed by atoms with van der Waals surface area (Å²) >= 11 is 0. The van der Waals surface area contributed by atoms with Crippen molar-refractivity contribution in [3.63, 3.8) is 0 Å². The number of anilines is 2. The molecule has 1 aromatic carbocycles. The van der Waals surface area contributed by atoms with Crippen molar-refractivity contribution in [2.24, 2.45) is 10.7 Å². The number of nitrogens with two attached hydrogens (primary N) is 2. The molecule has 0 aliphatic carbocycles. The summed E-state index contributed by atoms with van der Waals surface area (Å²) in [6.45, 7) is 4.62. The molecule has 1 heterocycles. The number of aliphatic imine (C=N–C) groups is 1. The van der Waals surface area contributed by atoms with Crippen LogP contribution in [0.2, 0.25) is 0 Å². The van der Waals surface area contributed by atoms with E-state index in [4.69, 9.17) is 16.7 Å². The Labute approximate surface area is 158 Å². The number of benzene rings is 1. The first-order valence-corrected chi connectivity index (χ1v) is 7.37. The predicted octanol–water partition coefficient (Wildman–Crippen LogP) is 2.46. The van der Waals surface area contributed by atoms with E-state index in [1.165, 1.54) is 11.1 Å². The number of nitrogens with one attached hydrogen (secondary N) is 2. The quantitative estimate of drug-likeness (QED) is 0.246. The Morgan fingerprint density at radius 3 is 2.62 bits per heavy atom. The molecule has 0 saturated heterocycles. The molecule has 24 heavy (non-hydrogen) atoms. The normalized spacial score (nSPS) is 10.8. The minimum Gasteiger partial charge on any atom is -0.381 e. The van der Waals surface area contributed by atoms with Crippen LogP contribution >= 0.6 is 24.0 Å². The van der Waals surface area contributed by atoms with Crippen LogP contribution in [0, 0.1) is 25.2 Å². The number of H-pyrrole nitrogens is 1. The van der Waals surface area contributed by atoms with E-state index in [0.717, 1.165) is 17.8 Å². The zero-order chi connectivity index (χ0) is 16.8. The maximum absolute atomic E-state index is 8.99. The fourth-order valence-corrected chi connectivity index (χ4v) is 2.39. The largest absolute Gasteiger partial charge is 0.381 e. The Kier molecular flexibility index (Phi) is 7.51. The molecule has 0 unspecified atom stereocenters. The van der Waals surface area contributed by atoms with Crippen LogP contribution in [0.1, 0.15) is 28.8 Å². The van der Waals surface area contributed by atoms with E-state index in [-0.39, 0.29) is 29.8 Å². The molecule has 1 aromatic heterocycles. The molecule has 128 valence electrons. The van der Waals surface area contributed by atoms with E-state index in [0.29, 0.717) is 24.5 Å². The van der Waals surface area contributed by atoms with Crippen molar-refractivity contribution in [1.82, 2.24) is 10.2 Å². The fraction of sp³-hybridized carbons (Fsp3) is 0.312. The number of hydrogen-bond donors (Lipinski definition) is 4. The second-order valence-corrected chi connectivity index (χ2v) is 5.45. The number of nitriles is 1. The van der Waals surface area contributed by atoms with Gasteiger partial charge in [0.05, 0.1) is 5.69 Å². The highest BCUT2D eigenvalue weighted by molar-refractivity contribution is 14.0. The third-order valence-electron chi connectivity index (χ3n) is 3.34. The van der Waals surface area contributed by atoms with E-state index in [1.54, 1.807) is 0 Å². The fourth-order valence-electron chi connectivity index (χ4n) is 2.39. The molecule has 8 heteroatoms. The minimum atomic E-state index is 0. The summed E-state index contributed by atoms with van der Waals surface area (Å²) < 4.78 is 0. The van der Waals surface area contributed by atoms with Crippen molar-refractivity contribution < 1.29 is 0 Å². The van der Waals surface area contributed by atoms with Gasteiger partial charge < -0.3 is 16.8 Å². The lowest BCUT2D eigenvalue weighted by molar-refractivity contribution is 0.802. The molecule has 0 aliphatic rings. The number of halogens is 1. The zero-order valence-electron chi connectivity index (χ0n) is 13.8. The number of aryl methyl sites for hydroxylation is 3. The lowest BCUT2D eigenvalue weighted by Crippen LogP contribution is -2.23. The number of rotatable bonds is 5. The molecular formula is C16H22IN7. The van der Waals surface area contributed by atoms with Crippen LogP contribution in [0.15, 0.2) is 23.2 Å². The van der Waals surface area contributed by atoms with Gasteiger partial charge in [-0.05, 0) is 49.9 Å². The minimum absolute atomic E-state index is 0. The smallest absolute Gasteiger partial charge is 0.193 e. The number of aromatic amines is 1. The Bertz CT molecular complexity index is 738. The maximum Gasteiger partial charge on any atom is 0.193 e. The zero-order valence-corrected chi connectivity index (χ0v) is 16.1. The first kappa shape index (κ1) is 19.8. The highest BCUT2D eigenvalue weighted by Crippen LogP contribution is 2.14. The number of aromatic nitrogens is 2. The first-order chi connectivity index (χ1) is 11.0. The van der Waals surface area contributed by atoms with Gasteiger partial charge in [0, 0.05) is 12.2 Å². The lowest BCUT2D eigenvalue weighted by atomic mass is 10.1. The van der Waals surface area contributed by atoms with Gasteiger partial charge in [0.15, 0.2) is 11.8 Å². The van der Waals surface area contributed by atoms with Gasteiger partial charge in [-0.1, -0.05) is 6.07 Å². The predicted molar refractivity (Wildman–Crippen MR) is 107 cm³/mol. The maximum atomic E-state index is 8.99. The molecule has 0 saturated carbocycles. The molecule has 0 aliphatic heterocycles. The van der Waals surface area contributed by atoms with Gasteiger partial charge in [0.2, 0.25) is 0 Å². The summed E-state index contributed by atoms with van der Waals surface area (Å²) in [6.07, 6.45) is 1.39. The molecule has 0 radical (unpaired) electrons. The molecule has 6 N–H and O–H groups in total. The van der Waals surface area contributed by atoms with Crippen LogP contribution in [0.4, 0.5) is 11.5 Å². The standard InChI is InChI=1S/C16H21N7.HI/c1-10-6-11(2)8-12(7-10)21-16(19)20-5-3-4-14-13(9-17)15(18)23-22-14;/h6-8H,3-5H2,1-2H3,(H3,18,22,23)(H3,19,20,21);1H. The van der Waals surface area contributed by atoms with Crippen LogP contribution in [-0.4, -0.2) is 22.7 Å². The molecular weight excluding hydrogens is 417 g/mol. The lowest BCUT2D eigenvalue weighted by Gasteiger charge is -2.08. The first-order valence-electron chi connectivity index (χ1n) is 7.37. The van der Waals surface area contributed by atoms with E-state index in [1.807, 2.05) is 32.0 Å². The molecule has 0 bridgehead atoms. The van der Waals surface area contributed by atoms with Gasteiger partial charge in [-0.2, -0.15) is 10.4 Å². The number of guanidine groups is 1. The Balaban J connectivity index is 0.00000288. The van der Waals surface area contributed by atoms with Crippen molar-refractivity contribution in [1.29, 1.82) is 5.26 Å². The molecule has 0 spiro atoms. The second kappa shape index (κ2) is 9.12. The third-order valence-corrected chi connectivity index (χ3v) is 3.34. The van der Waals surface area contributed by atoms with Crippen molar-refractivity contribution in [3.05, 3.63) is 40.6 Å². The number of nitrogen functional groups attached to an aromatic ring is 1. The molecule has 0 amide bonds. The van der Waals surface area contributed by atoms with Gasteiger partial charge >= 0.3 is 0 Å². The number of hydrogen-bond acceptors (Lipinski definition) is 4. The monoisotopic (exact) mass is 439 g/mol. The molecule has 0 fully saturated rings. The summed E-state index contributed by atoms with van der Waals surface area (Å²) in [4.78, 5) is 4.29. The van der Waals surface area contributed by atoms with Crippen molar-refractivity contribution in [2.45, 2.75) is 26.7 Å². The van der Waals surface area contributed by atoms with Crippen LogP contribution in [-0.2, 0) is 6.42 Å². The van der Waals surface area contributed by atoms with E-state index < -0.39 is 0 Å². The average molecular weight is 439 g/mol. The molecule has 2 aromatic rings.